The zero-order chi connectivity index (χ0) is 14.1. The van der Waals surface area contributed by atoms with Gasteiger partial charge in [-0.15, -0.1) is 0 Å². The fraction of sp³-hybridized carbons (Fsp3) is 0.571. The Kier molecular flexibility index (Phi) is 3.98. The maximum Gasteiger partial charge on any atom is 0.159 e. The van der Waals surface area contributed by atoms with E-state index in [1.54, 1.807) is 6.07 Å². The Hall–Kier alpha value is -1.08. The molecule has 0 spiro atoms. The summed E-state index contributed by atoms with van der Waals surface area (Å²) in [4.78, 5) is 4.87. The number of benzene rings is 1. The van der Waals surface area contributed by atoms with Crippen molar-refractivity contribution < 1.29 is 8.78 Å². The van der Waals surface area contributed by atoms with Crippen LogP contribution in [0, 0.1) is 11.6 Å². The Morgan fingerprint density at radius 1 is 1.20 bits per heavy atom. The Labute approximate surface area is 117 Å². The van der Waals surface area contributed by atoms with Crippen LogP contribution in [0.3, 0.4) is 0 Å². The molecule has 3 fully saturated rings. The van der Waals surface area contributed by atoms with Crippen molar-refractivity contribution in [3.8, 4) is 0 Å². The van der Waals surface area contributed by atoms with E-state index in [2.05, 4.69) is 15.2 Å². The molecule has 4 nitrogen and oxygen atoms in total. The van der Waals surface area contributed by atoms with Gasteiger partial charge in [0.2, 0.25) is 0 Å². The molecule has 0 saturated carbocycles. The van der Waals surface area contributed by atoms with Crippen molar-refractivity contribution >= 4 is 0 Å². The molecule has 2 unspecified atom stereocenters. The van der Waals surface area contributed by atoms with Crippen LogP contribution in [0.15, 0.2) is 18.2 Å². The monoisotopic (exact) mass is 282 g/mol. The molecule has 3 N–H and O–H groups in total. The average molecular weight is 282 g/mol. The second-order valence-electron chi connectivity index (χ2n) is 5.63. The largest absolute Gasteiger partial charge is 0.299 e. The second kappa shape index (κ2) is 5.73. The normalized spacial score (nSPS) is 30.4. The van der Waals surface area contributed by atoms with Crippen LogP contribution in [0.1, 0.15) is 5.56 Å². The number of nitrogens with two attached hydrogens (primary N) is 1. The third-order valence-corrected chi connectivity index (χ3v) is 4.44. The zero-order valence-electron chi connectivity index (χ0n) is 11.4. The fourth-order valence-corrected chi connectivity index (χ4v) is 3.27. The maximum absolute atomic E-state index is 13.3. The number of hydrogen-bond acceptors (Lipinski definition) is 4. The summed E-state index contributed by atoms with van der Waals surface area (Å²) < 4.78 is 26.2. The Bertz CT molecular complexity index is 474. The summed E-state index contributed by atoms with van der Waals surface area (Å²) in [6.07, 6.45) is 0.600. The lowest BCUT2D eigenvalue weighted by Gasteiger charge is -2.50. The van der Waals surface area contributed by atoms with E-state index in [1.165, 1.54) is 12.1 Å². The van der Waals surface area contributed by atoms with Crippen LogP contribution in [0.4, 0.5) is 8.78 Å². The van der Waals surface area contributed by atoms with E-state index in [0.29, 0.717) is 12.5 Å². The fourth-order valence-electron chi connectivity index (χ4n) is 3.27. The molecule has 1 aromatic rings. The summed E-state index contributed by atoms with van der Waals surface area (Å²) in [7, 11) is 0. The van der Waals surface area contributed by atoms with Crippen molar-refractivity contribution in [2.24, 2.45) is 5.84 Å². The molecule has 3 aliphatic heterocycles. The van der Waals surface area contributed by atoms with Crippen molar-refractivity contribution in [3.63, 3.8) is 0 Å². The molecule has 2 bridgehead atoms. The van der Waals surface area contributed by atoms with Crippen LogP contribution >= 0.6 is 0 Å². The summed E-state index contributed by atoms with van der Waals surface area (Å²) in [5.74, 6) is 4.08. The standard InChI is InChI=1S/C14H20F2N4/c15-11-2-1-10(7-12(11)16)8-13(18-17)14-9-19-3-5-20(14)6-4-19/h1-2,7,13-14,18H,3-6,8-9,17H2. The molecule has 6 heteroatoms. The molecule has 4 rings (SSSR count). The predicted octanol–water partition coefficient (Wildman–Crippen LogP) is 0.339. The van der Waals surface area contributed by atoms with Crippen LogP contribution in [-0.2, 0) is 6.42 Å². The molecule has 20 heavy (non-hydrogen) atoms. The van der Waals surface area contributed by atoms with Gasteiger partial charge in [-0.2, -0.15) is 0 Å². The van der Waals surface area contributed by atoms with E-state index in [-0.39, 0.29) is 6.04 Å². The highest BCUT2D eigenvalue weighted by atomic mass is 19.2. The van der Waals surface area contributed by atoms with Gasteiger partial charge in [-0.05, 0) is 24.1 Å². The maximum atomic E-state index is 13.3. The lowest BCUT2D eigenvalue weighted by Crippen LogP contribution is -2.67. The SMILES string of the molecule is NNC(Cc1ccc(F)c(F)c1)C1CN2CCN1CC2. The Balaban J connectivity index is 1.72. The van der Waals surface area contributed by atoms with Gasteiger partial charge in [0.15, 0.2) is 11.6 Å². The van der Waals surface area contributed by atoms with Gasteiger partial charge in [-0.25, -0.2) is 8.78 Å². The summed E-state index contributed by atoms with van der Waals surface area (Å²) in [5, 5.41) is 0. The minimum absolute atomic E-state index is 0.0444. The van der Waals surface area contributed by atoms with Crippen molar-refractivity contribution in [1.82, 2.24) is 15.2 Å². The lowest BCUT2D eigenvalue weighted by atomic mass is 9.95. The van der Waals surface area contributed by atoms with E-state index < -0.39 is 11.6 Å². The molecule has 3 heterocycles. The first-order valence-electron chi connectivity index (χ1n) is 7.04. The summed E-state index contributed by atoms with van der Waals surface area (Å²) in [6.45, 7) is 5.32. The van der Waals surface area contributed by atoms with E-state index in [4.69, 9.17) is 5.84 Å². The van der Waals surface area contributed by atoms with Gasteiger partial charge in [0.1, 0.15) is 0 Å². The summed E-state index contributed by atoms with van der Waals surface area (Å²) >= 11 is 0. The highest BCUT2D eigenvalue weighted by Crippen LogP contribution is 2.20. The number of nitrogens with zero attached hydrogens (tertiary/aromatic N) is 2. The molecular weight excluding hydrogens is 262 g/mol. The molecule has 3 saturated heterocycles. The second-order valence-corrected chi connectivity index (χ2v) is 5.63. The van der Waals surface area contributed by atoms with Gasteiger partial charge >= 0.3 is 0 Å². The minimum Gasteiger partial charge on any atom is -0.299 e. The van der Waals surface area contributed by atoms with Gasteiger partial charge in [-0.3, -0.25) is 21.1 Å². The molecule has 0 aromatic heterocycles. The lowest BCUT2D eigenvalue weighted by molar-refractivity contribution is -0.00315. The number of halogens is 2. The van der Waals surface area contributed by atoms with Crippen molar-refractivity contribution in [1.29, 1.82) is 0 Å². The highest BCUT2D eigenvalue weighted by Gasteiger charge is 2.36. The van der Waals surface area contributed by atoms with Gasteiger partial charge in [0.05, 0.1) is 0 Å². The quantitative estimate of drug-likeness (QED) is 0.617. The molecule has 0 aliphatic carbocycles. The Morgan fingerprint density at radius 2 is 1.95 bits per heavy atom. The topological polar surface area (TPSA) is 44.5 Å². The van der Waals surface area contributed by atoms with E-state index >= 15 is 0 Å². The molecule has 0 amide bonds. The van der Waals surface area contributed by atoms with Gasteiger partial charge in [0, 0.05) is 44.8 Å². The number of fused-ring (bicyclic) bond motifs is 3. The Morgan fingerprint density at radius 3 is 2.50 bits per heavy atom. The third-order valence-electron chi connectivity index (χ3n) is 4.44. The number of hydrogen-bond donors (Lipinski definition) is 2. The van der Waals surface area contributed by atoms with Crippen LogP contribution in [0.2, 0.25) is 0 Å². The third kappa shape index (κ3) is 2.69. The average Bonchev–Trinajstić information content (AvgIpc) is 2.49. The van der Waals surface area contributed by atoms with Crippen LogP contribution in [0.25, 0.3) is 0 Å². The first kappa shape index (κ1) is 13.9. The van der Waals surface area contributed by atoms with Crippen molar-refractivity contribution in [3.05, 3.63) is 35.4 Å². The van der Waals surface area contributed by atoms with Gasteiger partial charge in [0.25, 0.3) is 0 Å². The molecule has 0 radical (unpaired) electrons. The van der Waals surface area contributed by atoms with Gasteiger partial charge in [-0.1, -0.05) is 6.07 Å². The number of piperazine rings is 3. The zero-order valence-corrected chi connectivity index (χ0v) is 11.4. The van der Waals surface area contributed by atoms with E-state index in [1.807, 2.05) is 0 Å². The minimum atomic E-state index is -0.808. The summed E-state index contributed by atoms with van der Waals surface area (Å²) in [6, 6.07) is 4.43. The highest BCUT2D eigenvalue weighted by molar-refractivity contribution is 5.19. The number of hydrazine groups is 1. The van der Waals surface area contributed by atoms with E-state index in [9.17, 15) is 8.78 Å². The van der Waals surface area contributed by atoms with Crippen molar-refractivity contribution in [2.45, 2.75) is 18.5 Å². The predicted molar refractivity (Wildman–Crippen MR) is 73.0 cm³/mol. The first-order chi connectivity index (χ1) is 9.67. The summed E-state index contributed by atoms with van der Waals surface area (Å²) in [5.41, 5.74) is 3.62. The first-order valence-corrected chi connectivity index (χ1v) is 7.04. The molecule has 110 valence electrons. The van der Waals surface area contributed by atoms with Gasteiger partial charge < -0.3 is 0 Å². The number of nitrogens with one attached hydrogen (secondary N) is 1. The van der Waals surface area contributed by atoms with Crippen molar-refractivity contribution in [2.75, 3.05) is 32.7 Å². The molecule has 3 aliphatic rings. The van der Waals surface area contributed by atoms with Crippen LogP contribution < -0.4 is 11.3 Å². The van der Waals surface area contributed by atoms with Crippen LogP contribution in [-0.4, -0.2) is 54.6 Å². The molecular formula is C14H20F2N4. The molecule has 2 atom stereocenters. The van der Waals surface area contributed by atoms with E-state index in [0.717, 1.165) is 38.3 Å². The molecule has 1 aromatic carbocycles. The van der Waals surface area contributed by atoms with Crippen LogP contribution in [0.5, 0.6) is 0 Å². The number of rotatable bonds is 4. The smallest absolute Gasteiger partial charge is 0.159 e.